The molecule has 5 heteroatoms. The van der Waals surface area contributed by atoms with Crippen molar-refractivity contribution in [1.82, 2.24) is 0 Å². The SMILES string of the molecule is CC(C)(N)CCS(=O)(=O)CCO. The third-order valence-corrected chi connectivity index (χ3v) is 3.09. The Morgan fingerprint density at radius 1 is 1.33 bits per heavy atom. The Balaban J connectivity index is 3.94. The first-order valence-corrected chi connectivity index (χ1v) is 5.69. The maximum absolute atomic E-state index is 11.1. The van der Waals surface area contributed by atoms with Gasteiger partial charge in [-0.2, -0.15) is 0 Å². The fourth-order valence-electron chi connectivity index (χ4n) is 0.660. The monoisotopic (exact) mass is 195 g/mol. The molecule has 0 radical (unpaired) electrons. The molecule has 0 rings (SSSR count). The van der Waals surface area contributed by atoms with Crippen LogP contribution in [0.1, 0.15) is 20.3 Å². The van der Waals surface area contributed by atoms with Crippen molar-refractivity contribution in [3.05, 3.63) is 0 Å². The zero-order valence-corrected chi connectivity index (χ0v) is 8.39. The first-order chi connectivity index (χ1) is 5.27. The Hall–Kier alpha value is -0.130. The molecular weight excluding hydrogens is 178 g/mol. The molecule has 0 aliphatic heterocycles. The zero-order chi connectivity index (χ0) is 9.83. The van der Waals surface area contributed by atoms with Crippen LogP contribution in [0.4, 0.5) is 0 Å². The van der Waals surface area contributed by atoms with E-state index < -0.39 is 15.4 Å². The standard InChI is InChI=1S/C7H17NO3S/c1-7(2,8)3-5-12(10,11)6-4-9/h9H,3-6,8H2,1-2H3. The second kappa shape index (κ2) is 4.20. The number of rotatable bonds is 5. The summed E-state index contributed by atoms with van der Waals surface area (Å²) in [6, 6.07) is 0. The topological polar surface area (TPSA) is 80.4 Å². The Labute approximate surface area is 73.7 Å². The highest BCUT2D eigenvalue weighted by Gasteiger charge is 2.16. The van der Waals surface area contributed by atoms with Crippen molar-refractivity contribution in [2.24, 2.45) is 5.73 Å². The summed E-state index contributed by atoms with van der Waals surface area (Å²) >= 11 is 0. The van der Waals surface area contributed by atoms with Crippen LogP contribution in [0.2, 0.25) is 0 Å². The van der Waals surface area contributed by atoms with E-state index in [0.29, 0.717) is 6.42 Å². The van der Waals surface area contributed by atoms with Crippen molar-refractivity contribution in [1.29, 1.82) is 0 Å². The first-order valence-electron chi connectivity index (χ1n) is 3.87. The highest BCUT2D eigenvalue weighted by atomic mass is 32.2. The minimum atomic E-state index is -3.09. The van der Waals surface area contributed by atoms with Crippen molar-refractivity contribution in [3.8, 4) is 0 Å². The molecule has 0 aliphatic rings. The summed E-state index contributed by atoms with van der Waals surface area (Å²) in [7, 11) is -3.09. The second-order valence-corrected chi connectivity index (χ2v) is 5.92. The second-order valence-electron chi connectivity index (χ2n) is 3.61. The average Bonchev–Trinajstić information content (AvgIpc) is 1.83. The first kappa shape index (κ1) is 11.9. The fourth-order valence-corrected chi connectivity index (χ4v) is 1.98. The highest BCUT2D eigenvalue weighted by molar-refractivity contribution is 7.91. The number of aliphatic hydroxyl groups excluding tert-OH is 1. The highest BCUT2D eigenvalue weighted by Crippen LogP contribution is 2.06. The van der Waals surface area contributed by atoms with E-state index in [1.165, 1.54) is 0 Å². The van der Waals surface area contributed by atoms with Gasteiger partial charge >= 0.3 is 0 Å². The lowest BCUT2D eigenvalue weighted by molar-refractivity contribution is 0.319. The van der Waals surface area contributed by atoms with Crippen LogP contribution in [0.25, 0.3) is 0 Å². The maximum Gasteiger partial charge on any atom is 0.152 e. The van der Waals surface area contributed by atoms with E-state index >= 15 is 0 Å². The molecule has 4 nitrogen and oxygen atoms in total. The van der Waals surface area contributed by atoms with Gasteiger partial charge in [0.15, 0.2) is 9.84 Å². The third kappa shape index (κ3) is 6.57. The number of sulfone groups is 1. The van der Waals surface area contributed by atoms with Crippen LogP contribution in [0.15, 0.2) is 0 Å². The van der Waals surface area contributed by atoms with Gasteiger partial charge in [0.05, 0.1) is 18.1 Å². The van der Waals surface area contributed by atoms with Crippen LogP contribution >= 0.6 is 0 Å². The molecule has 0 saturated carbocycles. The van der Waals surface area contributed by atoms with Crippen LogP contribution in [-0.2, 0) is 9.84 Å². The molecule has 0 aromatic carbocycles. The van der Waals surface area contributed by atoms with E-state index in [2.05, 4.69) is 0 Å². The van der Waals surface area contributed by atoms with Gasteiger partial charge in [-0.05, 0) is 20.3 Å². The van der Waals surface area contributed by atoms with Gasteiger partial charge in [0, 0.05) is 5.54 Å². The molecule has 0 aliphatic carbocycles. The summed E-state index contributed by atoms with van der Waals surface area (Å²) in [4.78, 5) is 0. The van der Waals surface area contributed by atoms with Gasteiger partial charge in [-0.1, -0.05) is 0 Å². The molecular formula is C7H17NO3S. The summed E-state index contributed by atoms with van der Waals surface area (Å²) in [5.74, 6) is -0.111. The summed E-state index contributed by atoms with van der Waals surface area (Å²) in [6.07, 6.45) is 0.426. The molecule has 3 N–H and O–H groups in total. The van der Waals surface area contributed by atoms with Crippen molar-refractivity contribution >= 4 is 9.84 Å². The molecule has 0 atom stereocenters. The van der Waals surface area contributed by atoms with Crippen molar-refractivity contribution in [2.45, 2.75) is 25.8 Å². The van der Waals surface area contributed by atoms with Gasteiger partial charge in [-0.15, -0.1) is 0 Å². The van der Waals surface area contributed by atoms with Gasteiger partial charge in [0.2, 0.25) is 0 Å². The molecule has 0 aromatic rings. The molecule has 74 valence electrons. The van der Waals surface area contributed by atoms with E-state index in [1.54, 1.807) is 13.8 Å². The van der Waals surface area contributed by atoms with Gasteiger partial charge in [0.25, 0.3) is 0 Å². The quantitative estimate of drug-likeness (QED) is 0.621. The Morgan fingerprint density at radius 2 is 1.83 bits per heavy atom. The summed E-state index contributed by atoms with van der Waals surface area (Å²) in [5.41, 5.74) is 5.16. The third-order valence-electron chi connectivity index (χ3n) is 1.46. The van der Waals surface area contributed by atoms with Crippen LogP contribution in [0.3, 0.4) is 0 Å². The van der Waals surface area contributed by atoms with Crippen LogP contribution in [0.5, 0.6) is 0 Å². The Bertz CT molecular complexity index is 215. The molecule has 0 heterocycles. The summed E-state index contributed by atoms with van der Waals surface area (Å²) in [5, 5.41) is 8.42. The molecule has 0 aromatic heterocycles. The Kier molecular flexibility index (Phi) is 4.16. The van der Waals surface area contributed by atoms with E-state index in [0.717, 1.165) is 0 Å². The molecule has 0 fully saturated rings. The molecule has 0 amide bonds. The van der Waals surface area contributed by atoms with Crippen molar-refractivity contribution in [2.75, 3.05) is 18.1 Å². The lowest BCUT2D eigenvalue weighted by Crippen LogP contribution is -2.34. The fraction of sp³-hybridized carbons (Fsp3) is 1.00. The summed E-state index contributed by atoms with van der Waals surface area (Å²) < 4.78 is 22.1. The van der Waals surface area contributed by atoms with E-state index in [-0.39, 0.29) is 18.1 Å². The predicted molar refractivity (Wildman–Crippen MR) is 48.6 cm³/mol. The minimum absolute atomic E-state index is 0.0526. The predicted octanol–water partition coefficient (Wildman–Crippen LogP) is -0.479. The molecule has 0 unspecified atom stereocenters. The average molecular weight is 195 g/mol. The van der Waals surface area contributed by atoms with E-state index in [9.17, 15) is 8.42 Å². The smallest absolute Gasteiger partial charge is 0.152 e. The number of nitrogens with two attached hydrogens (primary N) is 1. The molecule has 12 heavy (non-hydrogen) atoms. The van der Waals surface area contributed by atoms with Gasteiger partial charge in [-0.3, -0.25) is 0 Å². The lowest BCUT2D eigenvalue weighted by atomic mass is 10.0. The van der Waals surface area contributed by atoms with Gasteiger partial charge < -0.3 is 10.8 Å². The van der Waals surface area contributed by atoms with Gasteiger partial charge in [0.1, 0.15) is 0 Å². The van der Waals surface area contributed by atoms with E-state index in [4.69, 9.17) is 10.8 Å². The summed E-state index contributed by atoms with van der Waals surface area (Å²) in [6.45, 7) is 3.25. The number of aliphatic hydroxyl groups is 1. The molecule has 0 bridgehead atoms. The maximum atomic E-state index is 11.1. The Morgan fingerprint density at radius 3 is 2.17 bits per heavy atom. The molecule has 0 spiro atoms. The van der Waals surface area contributed by atoms with Crippen LogP contribution < -0.4 is 5.73 Å². The number of hydrogen-bond donors (Lipinski definition) is 2. The molecule has 0 saturated heterocycles. The zero-order valence-electron chi connectivity index (χ0n) is 7.58. The van der Waals surface area contributed by atoms with Crippen LogP contribution in [-0.4, -0.2) is 37.2 Å². The van der Waals surface area contributed by atoms with E-state index in [1.807, 2.05) is 0 Å². The van der Waals surface area contributed by atoms with Crippen molar-refractivity contribution < 1.29 is 13.5 Å². The lowest BCUT2D eigenvalue weighted by Gasteiger charge is -2.17. The normalized spacial score (nSPS) is 13.3. The van der Waals surface area contributed by atoms with Crippen molar-refractivity contribution in [3.63, 3.8) is 0 Å². The largest absolute Gasteiger partial charge is 0.395 e. The number of hydrogen-bond acceptors (Lipinski definition) is 4. The van der Waals surface area contributed by atoms with Gasteiger partial charge in [-0.25, -0.2) is 8.42 Å². The van der Waals surface area contributed by atoms with Crippen LogP contribution in [0, 0.1) is 0 Å². The minimum Gasteiger partial charge on any atom is -0.395 e.